The molecule has 4 N–H and O–H groups in total. The van der Waals surface area contributed by atoms with Gasteiger partial charge >= 0.3 is 24.2 Å². The van der Waals surface area contributed by atoms with Gasteiger partial charge in [0.05, 0.1) is 74.2 Å². The number of ether oxygens (including phenoxy) is 3. The van der Waals surface area contributed by atoms with Crippen LogP contribution in [0.4, 0.5) is 18.9 Å². The molecule has 3 aromatic heterocycles. The molecule has 0 saturated carbocycles. The van der Waals surface area contributed by atoms with Gasteiger partial charge in [0.25, 0.3) is 21.0 Å². The van der Waals surface area contributed by atoms with E-state index < -0.39 is 71.0 Å². The zero-order valence-corrected chi connectivity index (χ0v) is 41.4. The minimum atomic E-state index is -4.35. The Morgan fingerprint density at radius 2 is 1.65 bits per heavy atom. The summed E-state index contributed by atoms with van der Waals surface area (Å²) in [5.41, 5.74) is -0.663. The highest BCUT2D eigenvalue weighted by Gasteiger charge is 2.26. The maximum atomic E-state index is 14.2. The molecule has 366 valence electrons. The molecule has 21 nitrogen and oxygen atoms in total. The number of carbonyl (C=O) groups is 2. The first-order valence-corrected chi connectivity index (χ1v) is 25.4. The maximum absolute atomic E-state index is 14.2. The average Bonchev–Trinajstić information content (AvgIpc) is 3.79. The maximum Gasteiger partial charge on any atom is 0.355 e. The number of alkyl halides is 3. The number of hydrogen-bond donors (Lipinski definition) is 4. The summed E-state index contributed by atoms with van der Waals surface area (Å²) in [7, 11) is -5.08. The number of hydrogen-bond acceptors (Lipinski definition) is 15. The first-order chi connectivity index (χ1) is 30.6. The topological polar surface area (TPSA) is 284 Å². The van der Waals surface area contributed by atoms with Gasteiger partial charge in [0.2, 0.25) is 11.8 Å². The Morgan fingerprint density at radius 1 is 1.03 bits per heavy atom. The van der Waals surface area contributed by atoms with Crippen LogP contribution in [0.1, 0.15) is 30.4 Å². The minimum Gasteiger partial charge on any atom is -0.778 e. The number of halogens is 7. The number of benzene rings is 2. The lowest BCUT2D eigenvalue weighted by molar-refractivity contribution is -0.193. The van der Waals surface area contributed by atoms with Gasteiger partial charge in [0.1, 0.15) is 24.5 Å². The normalized spacial score (nSPS) is 12.5. The van der Waals surface area contributed by atoms with E-state index in [1.807, 2.05) is 5.32 Å². The van der Waals surface area contributed by atoms with E-state index >= 15 is 0 Å². The number of sulfonamides is 1. The molecule has 0 aliphatic carbocycles. The van der Waals surface area contributed by atoms with Crippen LogP contribution in [0.15, 0.2) is 40.3 Å². The molecular formula is C35H43Cl4F3N9O12PS2. The van der Waals surface area contributed by atoms with Crippen molar-refractivity contribution >= 4 is 98.3 Å². The first kappa shape index (κ1) is 57.8. The van der Waals surface area contributed by atoms with Gasteiger partial charge in [-0.2, -0.15) is 36.4 Å². The number of nitrogens with zero attached hydrogens (tertiary/aromatic N) is 7. The van der Waals surface area contributed by atoms with Gasteiger partial charge in [0.15, 0.2) is 5.82 Å². The Balaban J connectivity index is 0.000000354. The van der Waals surface area contributed by atoms with Crippen LogP contribution in [0, 0.1) is 19.7 Å². The lowest BCUT2D eigenvalue weighted by Crippen LogP contribution is -2.25. The van der Waals surface area contributed by atoms with E-state index in [0.29, 0.717) is 21.1 Å². The van der Waals surface area contributed by atoms with E-state index in [-0.39, 0.29) is 73.0 Å². The number of fused-ring (bicyclic) bond motifs is 1. The Labute approximate surface area is 398 Å². The molecule has 5 aromatic rings. The lowest BCUT2D eigenvalue weighted by Gasteiger charge is -2.14. The van der Waals surface area contributed by atoms with Crippen molar-refractivity contribution in [3.8, 4) is 17.4 Å². The molecule has 0 fully saturated rings. The number of rotatable bonds is 15. The Morgan fingerprint density at radius 3 is 2.17 bits per heavy atom. The second-order valence-electron chi connectivity index (χ2n) is 13.2. The van der Waals surface area contributed by atoms with E-state index in [1.54, 1.807) is 19.9 Å². The molecule has 66 heavy (non-hydrogen) atoms. The van der Waals surface area contributed by atoms with Gasteiger partial charge in [-0.25, -0.2) is 13.8 Å². The number of anilines is 1. The fourth-order valence-electron chi connectivity index (χ4n) is 4.67. The molecule has 2 aromatic carbocycles. The van der Waals surface area contributed by atoms with Crippen molar-refractivity contribution < 1.29 is 64.8 Å². The van der Waals surface area contributed by atoms with Crippen LogP contribution in [-0.2, 0) is 46.2 Å². The van der Waals surface area contributed by atoms with E-state index in [4.69, 9.17) is 70.6 Å². The van der Waals surface area contributed by atoms with Crippen molar-refractivity contribution in [1.29, 1.82) is 0 Å². The standard InChI is InChI=1S/C15H14Cl2F3N3O3.C14H13Cl2N5O4S.C3H8NO5P.C3H9S/c1-3-26-13(24)10(17)4-8-5-12(11(18)6-9(8)16)23-15(25)22(14(19)20)7(2)21-23;1-7-4-5-8(15)12(11(7)16)20-26(22,23)14-18-13-17-9(24-2)6-10(25-3)21(13)19-14;5-3(6)1-4-2-10(7,8)9;1-4(2)3/h5-6,10,14H,3-4H2,1-2H3;4-6,20H,1-3H3;4H,1-2H2,(H,5,6)(H2,7,8,9);1-3H3/q;;;+1/p-1. The van der Waals surface area contributed by atoms with Crippen molar-refractivity contribution in [2.75, 3.05) is 57.1 Å². The minimum absolute atomic E-state index is 0.0111. The smallest absolute Gasteiger partial charge is 0.355 e. The van der Waals surface area contributed by atoms with Crippen molar-refractivity contribution in [3.63, 3.8) is 0 Å². The van der Waals surface area contributed by atoms with Gasteiger partial charge in [-0.1, -0.05) is 40.9 Å². The third-order valence-electron chi connectivity index (χ3n) is 7.46. The Bertz CT molecular complexity index is 2710. The summed E-state index contributed by atoms with van der Waals surface area (Å²) in [5.74, 6) is -2.71. The second kappa shape index (κ2) is 25.7. The zero-order chi connectivity index (χ0) is 50.4. The van der Waals surface area contributed by atoms with E-state index in [1.165, 1.54) is 33.3 Å². The average molecular weight is 1080 g/mol. The molecule has 3 heterocycles. The lowest BCUT2D eigenvalue weighted by atomic mass is 10.1. The van der Waals surface area contributed by atoms with E-state index in [9.17, 15) is 45.4 Å². The number of carboxylic acid groups (broad SMARTS) is 1. The van der Waals surface area contributed by atoms with Gasteiger partial charge in [0, 0.05) is 11.4 Å². The van der Waals surface area contributed by atoms with Crippen molar-refractivity contribution in [2.45, 2.75) is 44.3 Å². The Kier molecular flexibility index (Phi) is 22.5. The van der Waals surface area contributed by atoms with E-state index in [0.717, 1.165) is 16.6 Å². The SMILES string of the molecule is CCOC(=O)C(Cl)Cc1cc(-n2nc(C)n(C(F)F)c2=O)c(F)cc1Cl.COc1cc(OC)n2nc(S(=O)(=O)Nc3c(Cl)ccc(C)c3Cl)nc2n1.C[S+](C)C.O=C(O)CNCP(=O)([O-])O. The number of methoxy groups -OCH3 is 2. The number of aliphatic carboxylic acids is 1. The summed E-state index contributed by atoms with van der Waals surface area (Å²) < 4.78 is 94.4. The predicted octanol–water partition coefficient (Wildman–Crippen LogP) is 4.46. The third kappa shape index (κ3) is 17.1. The molecule has 0 aliphatic heterocycles. The summed E-state index contributed by atoms with van der Waals surface area (Å²) in [6, 6.07) is 6.68. The summed E-state index contributed by atoms with van der Waals surface area (Å²) in [5, 5.41) is 16.2. The Hall–Kier alpha value is -4.37. The number of aryl methyl sites for hydroxylation is 2. The number of nitrogens with one attached hydrogen (secondary N) is 2. The van der Waals surface area contributed by atoms with Crippen molar-refractivity contribution in [2.24, 2.45) is 0 Å². The van der Waals surface area contributed by atoms with Gasteiger partial charge in [-0.15, -0.1) is 21.8 Å². The van der Waals surface area contributed by atoms with Gasteiger partial charge < -0.3 is 33.7 Å². The molecule has 0 aliphatic rings. The van der Waals surface area contributed by atoms with Gasteiger partial charge in [-0.3, -0.25) is 19.6 Å². The summed E-state index contributed by atoms with van der Waals surface area (Å²) in [6.07, 6.45) is 5.76. The van der Waals surface area contributed by atoms with Crippen molar-refractivity contribution in [1.82, 2.24) is 39.2 Å². The fraction of sp³-hybridized carbons (Fsp3) is 0.400. The van der Waals surface area contributed by atoms with Crippen molar-refractivity contribution in [3.05, 3.63) is 78.7 Å². The number of esters is 1. The van der Waals surface area contributed by atoms with Crippen LogP contribution in [-0.4, -0.2) is 122 Å². The highest BCUT2D eigenvalue weighted by atomic mass is 35.5. The largest absolute Gasteiger partial charge is 0.778 e. The third-order valence-corrected chi connectivity index (χ3v) is 10.7. The molecule has 0 saturated heterocycles. The second-order valence-corrected chi connectivity index (χ2v) is 20.5. The quantitative estimate of drug-likeness (QED) is 0.0487. The van der Waals surface area contributed by atoms with Crippen LogP contribution in [0.5, 0.6) is 11.8 Å². The first-order valence-electron chi connectivity index (χ1n) is 18.1. The molecule has 0 amide bonds. The highest BCUT2D eigenvalue weighted by Crippen LogP contribution is 2.34. The molecule has 2 unspecified atom stereocenters. The molecule has 2 atom stereocenters. The number of aromatic nitrogens is 7. The fourth-order valence-corrected chi connectivity index (χ4v) is 7.06. The molecular weight excluding hydrogens is 1030 g/mol. The summed E-state index contributed by atoms with van der Waals surface area (Å²) in [4.78, 5) is 59.4. The van der Waals surface area contributed by atoms with Crippen LogP contribution in [0.3, 0.4) is 0 Å². The van der Waals surface area contributed by atoms with E-state index in [2.05, 4.69) is 43.7 Å². The number of carboxylic acids is 1. The summed E-state index contributed by atoms with van der Waals surface area (Å²) in [6.45, 7) is 1.05. The molecule has 0 spiro atoms. The van der Waals surface area contributed by atoms with Crippen LogP contribution in [0.25, 0.3) is 11.5 Å². The highest BCUT2D eigenvalue weighted by molar-refractivity contribution is 7.94. The van der Waals surface area contributed by atoms with Gasteiger partial charge in [-0.05, 0) is 61.0 Å². The predicted molar refractivity (Wildman–Crippen MR) is 240 cm³/mol. The van der Waals surface area contributed by atoms with Crippen LogP contribution >= 0.6 is 54.0 Å². The molecule has 5 rings (SSSR count). The van der Waals surface area contributed by atoms with Crippen LogP contribution < -0.4 is 30.1 Å². The molecule has 0 bridgehead atoms. The summed E-state index contributed by atoms with van der Waals surface area (Å²) >= 11 is 24.1. The monoisotopic (exact) mass is 1070 g/mol. The molecule has 31 heteroatoms. The van der Waals surface area contributed by atoms with Crippen LogP contribution in [0.2, 0.25) is 15.1 Å². The molecule has 0 radical (unpaired) electrons. The zero-order valence-electron chi connectivity index (χ0n) is 35.9. The number of carbonyl (C=O) groups excluding carboxylic acids is 1.